The molecule has 0 fully saturated rings. The summed E-state index contributed by atoms with van der Waals surface area (Å²) >= 11 is 0. The van der Waals surface area contributed by atoms with Crippen LogP contribution in [-0.2, 0) is 0 Å². The summed E-state index contributed by atoms with van der Waals surface area (Å²) in [6, 6.07) is 5.66. The third-order valence-electron chi connectivity index (χ3n) is 3.26. The van der Waals surface area contributed by atoms with Gasteiger partial charge in [-0.25, -0.2) is 0 Å². The highest BCUT2D eigenvalue weighted by atomic mass is 16.7. The molecule has 0 aliphatic carbocycles. The molecular weight excluding hydrogens is 264 g/mol. The van der Waals surface area contributed by atoms with Crippen LogP contribution in [0.25, 0.3) is 21.9 Å². The fourth-order valence-corrected chi connectivity index (χ4v) is 2.32. The van der Waals surface area contributed by atoms with Gasteiger partial charge >= 0.3 is 0 Å². The highest BCUT2D eigenvalue weighted by Gasteiger charge is 2.24. The molecule has 3 aromatic rings. The third kappa shape index (κ3) is 1.30. The van der Waals surface area contributed by atoms with Gasteiger partial charge in [0, 0.05) is 0 Å². The van der Waals surface area contributed by atoms with Crippen molar-refractivity contribution in [2.24, 2.45) is 0 Å². The van der Waals surface area contributed by atoms with Gasteiger partial charge < -0.3 is 24.1 Å². The summed E-state index contributed by atoms with van der Waals surface area (Å²) in [4.78, 5) is 12.4. The second-order valence-electron chi connectivity index (χ2n) is 4.45. The Balaban J connectivity index is 2.24. The highest BCUT2D eigenvalue weighted by molar-refractivity contribution is 5.95. The normalized spacial score (nSPS) is 13.2. The summed E-state index contributed by atoms with van der Waals surface area (Å²) in [7, 11) is 0. The van der Waals surface area contributed by atoms with Gasteiger partial charge in [0.05, 0.1) is 10.8 Å². The Morgan fingerprint density at radius 1 is 1.05 bits per heavy atom. The van der Waals surface area contributed by atoms with Gasteiger partial charge in [0.25, 0.3) is 0 Å². The summed E-state index contributed by atoms with van der Waals surface area (Å²) in [5.41, 5.74) is -0.0438. The van der Waals surface area contributed by atoms with E-state index in [1.54, 1.807) is 0 Å². The van der Waals surface area contributed by atoms with Crippen LogP contribution in [-0.4, -0.2) is 17.0 Å². The number of hydrogen-bond donors (Lipinski definition) is 2. The lowest BCUT2D eigenvalue weighted by Gasteiger charge is -2.05. The minimum absolute atomic E-state index is 0.0201. The molecule has 2 heterocycles. The van der Waals surface area contributed by atoms with Crippen molar-refractivity contribution < 1.29 is 24.1 Å². The second kappa shape index (κ2) is 3.57. The summed E-state index contributed by atoms with van der Waals surface area (Å²) < 4.78 is 15.8. The van der Waals surface area contributed by atoms with E-state index in [0.717, 1.165) is 0 Å². The Hall–Kier alpha value is -2.89. The molecule has 0 saturated carbocycles. The molecule has 0 saturated heterocycles. The second-order valence-corrected chi connectivity index (χ2v) is 4.45. The Bertz CT molecular complexity index is 924. The summed E-state index contributed by atoms with van der Waals surface area (Å²) in [6.07, 6.45) is 0. The number of ether oxygens (including phenoxy) is 2. The maximum Gasteiger partial charge on any atom is 0.231 e. The van der Waals surface area contributed by atoms with E-state index >= 15 is 0 Å². The first kappa shape index (κ1) is 11.0. The fourth-order valence-electron chi connectivity index (χ4n) is 2.32. The van der Waals surface area contributed by atoms with Crippen LogP contribution in [0.2, 0.25) is 0 Å². The molecule has 1 aliphatic heterocycles. The van der Waals surface area contributed by atoms with E-state index in [2.05, 4.69) is 0 Å². The van der Waals surface area contributed by atoms with Crippen LogP contribution < -0.4 is 14.9 Å². The van der Waals surface area contributed by atoms with Gasteiger partial charge in [0.2, 0.25) is 23.7 Å². The molecule has 2 N–H and O–H groups in total. The number of phenolic OH excluding ortho intramolecular Hbond substituents is 2. The minimum atomic E-state index is -0.356. The van der Waals surface area contributed by atoms with Gasteiger partial charge in [-0.15, -0.1) is 0 Å². The number of aromatic hydroxyl groups is 2. The monoisotopic (exact) mass is 272 g/mol. The summed E-state index contributed by atoms with van der Waals surface area (Å²) in [5.74, 6) is 0.164. The molecule has 20 heavy (non-hydrogen) atoms. The third-order valence-corrected chi connectivity index (χ3v) is 3.26. The number of rotatable bonds is 0. The quantitative estimate of drug-likeness (QED) is 0.609. The molecule has 0 radical (unpaired) electrons. The van der Waals surface area contributed by atoms with Crippen LogP contribution in [0, 0.1) is 0 Å². The molecule has 0 amide bonds. The van der Waals surface area contributed by atoms with E-state index in [4.69, 9.17) is 13.9 Å². The first-order valence-corrected chi connectivity index (χ1v) is 5.86. The van der Waals surface area contributed by atoms with E-state index in [-0.39, 0.29) is 51.4 Å². The fraction of sp³-hybridized carbons (Fsp3) is 0.0714. The molecule has 0 atom stereocenters. The predicted molar refractivity (Wildman–Crippen MR) is 69.4 cm³/mol. The molecule has 0 bridgehead atoms. The summed E-state index contributed by atoms with van der Waals surface area (Å²) in [5, 5.41) is 20.0. The molecule has 100 valence electrons. The first-order chi connectivity index (χ1) is 9.65. The van der Waals surface area contributed by atoms with Crippen molar-refractivity contribution >= 4 is 21.9 Å². The number of fused-ring (bicyclic) bond motifs is 3. The van der Waals surface area contributed by atoms with Crippen LogP contribution in [0.3, 0.4) is 0 Å². The van der Waals surface area contributed by atoms with Gasteiger partial charge in [-0.3, -0.25) is 4.79 Å². The lowest BCUT2D eigenvalue weighted by Crippen LogP contribution is -2.02. The largest absolute Gasteiger partial charge is 0.508 e. The molecular formula is C14H8O6. The topological polar surface area (TPSA) is 89.1 Å². The average Bonchev–Trinajstić information content (AvgIpc) is 2.90. The SMILES string of the molecule is O=c1c2cc(O)ccc2oc2c(O)c3c(cc12)OCO3. The van der Waals surface area contributed by atoms with Crippen LogP contribution in [0.4, 0.5) is 0 Å². The van der Waals surface area contributed by atoms with Gasteiger partial charge in [0.1, 0.15) is 11.3 Å². The van der Waals surface area contributed by atoms with Gasteiger partial charge in [-0.05, 0) is 24.3 Å². The van der Waals surface area contributed by atoms with Crippen molar-refractivity contribution in [3.8, 4) is 23.0 Å². The molecule has 6 heteroatoms. The van der Waals surface area contributed by atoms with Crippen LogP contribution in [0.1, 0.15) is 0 Å². The van der Waals surface area contributed by atoms with Crippen molar-refractivity contribution in [3.63, 3.8) is 0 Å². The lowest BCUT2D eigenvalue weighted by molar-refractivity contribution is 0.171. The first-order valence-electron chi connectivity index (χ1n) is 5.86. The molecule has 1 aliphatic rings. The maximum absolute atomic E-state index is 12.4. The van der Waals surface area contributed by atoms with Crippen LogP contribution in [0.5, 0.6) is 23.0 Å². The smallest absolute Gasteiger partial charge is 0.231 e. The standard InChI is InChI=1S/C14H8O6/c15-6-1-2-9-7(3-6)11(16)8-4-10-14(19-5-18-10)12(17)13(8)20-9/h1-4,15,17H,5H2. The zero-order valence-corrected chi connectivity index (χ0v) is 10.0. The van der Waals surface area contributed by atoms with E-state index in [1.165, 1.54) is 24.3 Å². The number of phenols is 2. The average molecular weight is 272 g/mol. The van der Waals surface area contributed by atoms with E-state index < -0.39 is 0 Å². The van der Waals surface area contributed by atoms with E-state index in [0.29, 0.717) is 5.75 Å². The number of hydrogen-bond acceptors (Lipinski definition) is 6. The number of benzene rings is 2. The molecule has 2 aromatic carbocycles. The van der Waals surface area contributed by atoms with Crippen molar-refractivity contribution in [1.82, 2.24) is 0 Å². The highest BCUT2D eigenvalue weighted by Crippen LogP contribution is 2.45. The van der Waals surface area contributed by atoms with Gasteiger partial charge in [-0.2, -0.15) is 0 Å². The maximum atomic E-state index is 12.4. The molecule has 1 aromatic heterocycles. The zero-order chi connectivity index (χ0) is 13.9. The van der Waals surface area contributed by atoms with Gasteiger partial charge in [-0.1, -0.05) is 0 Å². The Kier molecular flexibility index (Phi) is 1.96. The van der Waals surface area contributed by atoms with Crippen molar-refractivity contribution in [3.05, 3.63) is 34.5 Å². The zero-order valence-electron chi connectivity index (χ0n) is 10.0. The molecule has 0 spiro atoms. The molecule has 4 rings (SSSR count). The van der Waals surface area contributed by atoms with Crippen molar-refractivity contribution in [1.29, 1.82) is 0 Å². The van der Waals surface area contributed by atoms with Crippen molar-refractivity contribution in [2.75, 3.05) is 6.79 Å². The van der Waals surface area contributed by atoms with Crippen molar-refractivity contribution in [2.45, 2.75) is 0 Å². The predicted octanol–water partition coefficient (Wildman–Crippen LogP) is 2.09. The van der Waals surface area contributed by atoms with Crippen LogP contribution in [0.15, 0.2) is 33.5 Å². The Morgan fingerprint density at radius 2 is 1.90 bits per heavy atom. The van der Waals surface area contributed by atoms with E-state index in [1.807, 2.05) is 0 Å². The minimum Gasteiger partial charge on any atom is -0.508 e. The Morgan fingerprint density at radius 3 is 2.75 bits per heavy atom. The molecule has 6 nitrogen and oxygen atoms in total. The van der Waals surface area contributed by atoms with Crippen LogP contribution >= 0.6 is 0 Å². The van der Waals surface area contributed by atoms with Gasteiger partial charge in [0.15, 0.2) is 11.3 Å². The molecule has 0 unspecified atom stereocenters. The van der Waals surface area contributed by atoms with E-state index in [9.17, 15) is 15.0 Å². The summed E-state index contributed by atoms with van der Waals surface area (Å²) in [6.45, 7) is -0.0201. The Labute approximate surface area is 111 Å². The lowest BCUT2D eigenvalue weighted by atomic mass is 10.1.